The molecule has 158 valence electrons. The molecule has 2 aromatic rings. The molecule has 2 aromatic carbocycles. The van der Waals surface area contributed by atoms with Gasteiger partial charge in [-0.3, -0.25) is 9.59 Å². The number of amides is 1. The maximum absolute atomic E-state index is 12.7. The highest BCUT2D eigenvalue weighted by Gasteiger charge is 2.43. The normalized spacial score (nSPS) is 17.1. The number of benzene rings is 2. The van der Waals surface area contributed by atoms with Gasteiger partial charge >= 0.3 is 0 Å². The fourth-order valence-electron chi connectivity index (χ4n) is 4.01. The number of ether oxygens (including phenoxy) is 4. The van der Waals surface area contributed by atoms with Crippen LogP contribution >= 0.6 is 0 Å². The van der Waals surface area contributed by atoms with Crippen molar-refractivity contribution in [3.63, 3.8) is 0 Å². The average Bonchev–Trinajstić information content (AvgIpc) is 2.77. The van der Waals surface area contributed by atoms with E-state index in [4.69, 9.17) is 18.9 Å². The fraction of sp³-hybridized carbons (Fsp3) is 0.391. The molecular weight excluding hydrogens is 386 g/mol. The number of hydrogen-bond acceptors (Lipinski definition) is 6. The van der Waals surface area contributed by atoms with Crippen molar-refractivity contribution in [3.8, 4) is 23.0 Å². The van der Waals surface area contributed by atoms with Crippen LogP contribution in [0.2, 0.25) is 0 Å². The Bertz CT molecular complexity index is 948. The molecule has 0 radical (unpaired) electrons. The van der Waals surface area contributed by atoms with Crippen LogP contribution in [-0.2, 0) is 4.79 Å². The van der Waals surface area contributed by atoms with E-state index in [1.54, 1.807) is 49.5 Å². The summed E-state index contributed by atoms with van der Waals surface area (Å²) in [5.74, 6) is 2.31. The van der Waals surface area contributed by atoms with E-state index in [1.165, 1.54) is 0 Å². The molecular formula is C23H25NO6. The van der Waals surface area contributed by atoms with Gasteiger partial charge in [-0.2, -0.15) is 0 Å². The molecule has 0 N–H and O–H groups in total. The standard InChI is InChI=1S/C23H25NO6/c1-27-16-7-8-17-18(25)14-23(30-21(17)13-16)9-11-24(12-10-23)22(26)15-29-20-6-4-3-5-19(20)28-2/h3-8,13H,9-12,14-15H2,1-2H3. The first kappa shape index (κ1) is 20.1. The largest absolute Gasteiger partial charge is 0.497 e. The first-order valence-corrected chi connectivity index (χ1v) is 9.97. The van der Waals surface area contributed by atoms with Crippen molar-refractivity contribution < 1.29 is 28.5 Å². The van der Waals surface area contributed by atoms with Crippen molar-refractivity contribution in [2.75, 3.05) is 33.9 Å². The quantitative estimate of drug-likeness (QED) is 0.753. The Labute approximate surface area is 175 Å². The van der Waals surface area contributed by atoms with E-state index < -0.39 is 5.60 Å². The van der Waals surface area contributed by atoms with Crippen molar-refractivity contribution >= 4 is 11.7 Å². The molecule has 2 aliphatic rings. The molecule has 0 aromatic heterocycles. The highest BCUT2D eigenvalue weighted by atomic mass is 16.5. The Morgan fingerprint density at radius 3 is 2.50 bits per heavy atom. The molecule has 1 amide bonds. The van der Waals surface area contributed by atoms with Crippen LogP contribution in [0, 0.1) is 0 Å². The number of rotatable bonds is 5. The Hall–Kier alpha value is -3.22. The van der Waals surface area contributed by atoms with Crippen molar-refractivity contribution in [3.05, 3.63) is 48.0 Å². The van der Waals surface area contributed by atoms with Gasteiger partial charge in [-0.1, -0.05) is 12.1 Å². The average molecular weight is 411 g/mol. The van der Waals surface area contributed by atoms with E-state index in [2.05, 4.69) is 0 Å². The Kier molecular flexibility index (Phi) is 5.53. The lowest BCUT2D eigenvalue weighted by Crippen LogP contribution is -2.53. The summed E-state index contributed by atoms with van der Waals surface area (Å²) in [6.45, 7) is 0.967. The van der Waals surface area contributed by atoms with Gasteiger partial charge in [-0.25, -0.2) is 0 Å². The SMILES string of the molecule is COc1ccc2c(c1)OC1(CCN(C(=O)COc3ccccc3OC)CC1)CC2=O. The summed E-state index contributed by atoms with van der Waals surface area (Å²) in [6, 6.07) is 12.5. The second kappa shape index (κ2) is 8.26. The lowest BCUT2D eigenvalue weighted by Gasteiger charge is -2.43. The summed E-state index contributed by atoms with van der Waals surface area (Å²) in [5.41, 5.74) is 0.0154. The van der Waals surface area contributed by atoms with Gasteiger partial charge in [0, 0.05) is 32.0 Å². The van der Waals surface area contributed by atoms with Crippen molar-refractivity contribution in [1.82, 2.24) is 4.90 Å². The number of Topliss-reactive ketones (excluding diaryl/α,β-unsaturated/α-hetero) is 1. The molecule has 1 saturated heterocycles. The molecule has 1 fully saturated rings. The van der Waals surface area contributed by atoms with Gasteiger partial charge in [-0.05, 0) is 24.3 Å². The van der Waals surface area contributed by atoms with Crippen LogP contribution in [0.3, 0.4) is 0 Å². The number of methoxy groups -OCH3 is 2. The number of carbonyl (C=O) groups is 2. The number of ketones is 1. The van der Waals surface area contributed by atoms with Gasteiger partial charge in [0.15, 0.2) is 23.9 Å². The van der Waals surface area contributed by atoms with Crippen LogP contribution in [0.15, 0.2) is 42.5 Å². The Morgan fingerprint density at radius 2 is 1.80 bits per heavy atom. The van der Waals surface area contributed by atoms with Crippen LogP contribution < -0.4 is 18.9 Å². The molecule has 0 unspecified atom stereocenters. The van der Waals surface area contributed by atoms with E-state index in [0.29, 0.717) is 60.9 Å². The van der Waals surface area contributed by atoms with E-state index in [1.807, 2.05) is 12.1 Å². The summed E-state index contributed by atoms with van der Waals surface area (Å²) in [6.07, 6.45) is 1.51. The van der Waals surface area contributed by atoms with E-state index in [9.17, 15) is 9.59 Å². The van der Waals surface area contributed by atoms with Crippen LogP contribution in [0.25, 0.3) is 0 Å². The zero-order valence-corrected chi connectivity index (χ0v) is 17.2. The van der Waals surface area contributed by atoms with Gasteiger partial charge in [-0.15, -0.1) is 0 Å². The van der Waals surface area contributed by atoms with Gasteiger partial charge in [0.25, 0.3) is 5.91 Å². The third kappa shape index (κ3) is 3.92. The van der Waals surface area contributed by atoms with E-state index in [-0.39, 0.29) is 18.3 Å². The maximum atomic E-state index is 12.7. The fourth-order valence-corrected chi connectivity index (χ4v) is 4.01. The molecule has 2 heterocycles. The molecule has 0 atom stereocenters. The molecule has 0 aliphatic carbocycles. The Balaban J connectivity index is 1.37. The smallest absolute Gasteiger partial charge is 0.260 e. The Morgan fingerprint density at radius 1 is 1.07 bits per heavy atom. The van der Waals surface area contributed by atoms with Gasteiger partial charge in [0.1, 0.15) is 17.1 Å². The lowest BCUT2D eigenvalue weighted by atomic mass is 9.82. The number of piperidine rings is 1. The van der Waals surface area contributed by atoms with E-state index in [0.717, 1.165) is 0 Å². The molecule has 4 rings (SSSR count). The van der Waals surface area contributed by atoms with Crippen LogP contribution in [0.5, 0.6) is 23.0 Å². The molecule has 0 saturated carbocycles. The monoisotopic (exact) mass is 411 g/mol. The predicted octanol–water partition coefficient (Wildman–Crippen LogP) is 3.11. The number of hydrogen-bond donors (Lipinski definition) is 0. The molecule has 1 spiro atoms. The second-order valence-electron chi connectivity index (χ2n) is 7.57. The highest BCUT2D eigenvalue weighted by molar-refractivity contribution is 6.00. The minimum absolute atomic E-state index is 0.0623. The molecule has 7 heteroatoms. The summed E-state index contributed by atoms with van der Waals surface area (Å²) < 4.78 is 22.4. The maximum Gasteiger partial charge on any atom is 0.260 e. The summed E-state index contributed by atoms with van der Waals surface area (Å²) >= 11 is 0. The molecule has 7 nitrogen and oxygen atoms in total. The van der Waals surface area contributed by atoms with Crippen molar-refractivity contribution in [2.45, 2.75) is 24.9 Å². The molecule has 2 aliphatic heterocycles. The van der Waals surface area contributed by atoms with E-state index >= 15 is 0 Å². The third-order valence-corrected chi connectivity index (χ3v) is 5.75. The number of likely N-dealkylation sites (tertiary alicyclic amines) is 1. The summed E-state index contributed by atoms with van der Waals surface area (Å²) in [4.78, 5) is 27.0. The van der Waals surface area contributed by atoms with Crippen LogP contribution in [0.1, 0.15) is 29.6 Å². The van der Waals surface area contributed by atoms with Crippen molar-refractivity contribution in [2.24, 2.45) is 0 Å². The highest BCUT2D eigenvalue weighted by Crippen LogP contribution is 2.40. The van der Waals surface area contributed by atoms with Crippen LogP contribution in [0.4, 0.5) is 0 Å². The lowest BCUT2D eigenvalue weighted by molar-refractivity contribution is -0.136. The van der Waals surface area contributed by atoms with Gasteiger partial charge < -0.3 is 23.8 Å². The first-order valence-electron chi connectivity index (χ1n) is 9.97. The van der Waals surface area contributed by atoms with Crippen LogP contribution in [-0.4, -0.2) is 56.1 Å². The number of carbonyl (C=O) groups excluding carboxylic acids is 2. The number of para-hydroxylation sites is 2. The van der Waals surface area contributed by atoms with Gasteiger partial charge in [0.05, 0.1) is 26.2 Å². The zero-order valence-electron chi connectivity index (χ0n) is 17.2. The number of fused-ring (bicyclic) bond motifs is 1. The minimum Gasteiger partial charge on any atom is -0.497 e. The molecule has 30 heavy (non-hydrogen) atoms. The number of nitrogens with zero attached hydrogens (tertiary/aromatic N) is 1. The summed E-state index contributed by atoms with van der Waals surface area (Å²) in [7, 11) is 3.15. The second-order valence-corrected chi connectivity index (χ2v) is 7.57. The minimum atomic E-state index is -0.573. The van der Waals surface area contributed by atoms with Gasteiger partial charge in [0.2, 0.25) is 0 Å². The topological polar surface area (TPSA) is 74.3 Å². The first-order chi connectivity index (χ1) is 14.5. The summed E-state index contributed by atoms with van der Waals surface area (Å²) in [5, 5.41) is 0. The predicted molar refractivity (Wildman–Crippen MR) is 110 cm³/mol. The molecule has 0 bridgehead atoms. The van der Waals surface area contributed by atoms with Crippen molar-refractivity contribution in [1.29, 1.82) is 0 Å². The zero-order chi connectivity index (χ0) is 21.1. The third-order valence-electron chi connectivity index (χ3n) is 5.75.